The van der Waals surface area contributed by atoms with Crippen LogP contribution < -0.4 is 0 Å². The van der Waals surface area contributed by atoms with E-state index in [9.17, 15) is 0 Å². The van der Waals surface area contributed by atoms with Crippen LogP contribution in [-0.4, -0.2) is 35.0 Å². The predicted molar refractivity (Wildman–Crippen MR) is 456 cm³/mol. The first-order valence-corrected chi connectivity index (χ1v) is 50.1. The molecule has 0 aliphatic heterocycles. The molecule has 0 fully saturated rings. The topological polar surface area (TPSA) is 27.7 Å². The van der Waals surface area contributed by atoms with Gasteiger partial charge in [-0.25, -0.2) is 0 Å². The second-order valence-electron chi connectivity index (χ2n) is 33.7. The van der Waals surface area contributed by atoms with Crippen molar-refractivity contribution < 1.29 is 11.4 Å². The summed E-state index contributed by atoms with van der Waals surface area (Å²) in [6.07, 6.45) is 130. The molecule has 0 aromatic heterocycles. The quantitative estimate of drug-likeness (QED) is 0.0449. The van der Waals surface area contributed by atoms with E-state index in [2.05, 4.69) is 20.8 Å². The Hall–Kier alpha value is 0.412. The van der Waals surface area contributed by atoms with Crippen LogP contribution in [0.25, 0.3) is 0 Å². The number of rotatable bonds is 96. The van der Waals surface area contributed by atoms with E-state index in [1.165, 1.54) is 559 Å². The van der Waals surface area contributed by atoms with Gasteiger partial charge in [0.15, 0.2) is 0 Å². The van der Waals surface area contributed by atoms with Gasteiger partial charge in [-0.2, -0.15) is 0 Å². The smallest absolute Gasteiger partial charge is 0.454 e. The summed E-state index contributed by atoms with van der Waals surface area (Å²) in [5.41, 5.74) is 0. The molecule has 0 spiro atoms. The molecular weight excluding hydrogens is 1230 g/mol. The van der Waals surface area contributed by atoms with E-state index in [0.29, 0.717) is 0 Å². The van der Waals surface area contributed by atoms with E-state index in [1.807, 2.05) is 0 Å². The van der Waals surface area contributed by atoms with Crippen LogP contribution in [0.1, 0.15) is 599 Å². The van der Waals surface area contributed by atoms with Crippen LogP contribution in [0.15, 0.2) is 0 Å². The van der Waals surface area contributed by atoms with E-state index in [1.54, 1.807) is 0 Å². The third-order valence-electron chi connectivity index (χ3n) is 23.3. The molecule has 600 valence electrons. The van der Waals surface area contributed by atoms with E-state index in [0.717, 1.165) is 39.1 Å². The van der Waals surface area contributed by atoms with Gasteiger partial charge in [-0.05, 0) is 19.3 Å². The van der Waals surface area contributed by atoms with Crippen molar-refractivity contribution in [1.82, 2.24) is 0 Å². The Balaban J connectivity index is 4.01. The molecular formula is C96H195AlO3. The summed E-state index contributed by atoms with van der Waals surface area (Å²) in [6, 6.07) is 0. The van der Waals surface area contributed by atoms with Gasteiger partial charge >= 0.3 is 15.1 Å². The summed E-state index contributed by atoms with van der Waals surface area (Å²) in [5.74, 6) is 0. The highest BCUT2D eigenvalue weighted by Crippen LogP contribution is 2.23. The fourth-order valence-corrected chi connectivity index (χ4v) is 17.4. The Morgan fingerprint density at radius 3 is 0.250 bits per heavy atom. The molecule has 0 rings (SSSR count). The van der Waals surface area contributed by atoms with Crippen molar-refractivity contribution in [2.45, 2.75) is 599 Å². The molecule has 0 unspecified atom stereocenters. The molecule has 0 bridgehead atoms. The van der Waals surface area contributed by atoms with Crippen molar-refractivity contribution in [2.75, 3.05) is 19.8 Å². The highest BCUT2D eigenvalue weighted by molar-refractivity contribution is 6.36. The van der Waals surface area contributed by atoms with Crippen molar-refractivity contribution in [3.8, 4) is 0 Å². The van der Waals surface area contributed by atoms with Gasteiger partial charge in [-0.1, -0.05) is 579 Å². The van der Waals surface area contributed by atoms with Crippen molar-refractivity contribution >= 4 is 15.1 Å². The molecule has 0 N–H and O–H groups in total. The fourth-order valence-electron chi connectivity index (χ4n) is 16.1. The second kappa shape index (κ2) is 97.4. The molecule has 0 aliphatic rings. The first-order valence-electron chi connectivity index (χ1n) is 48.7. The number of hydrogen-bond acceptors (Lipinski definition) is 3. The summed E-state index contributed by atoms with van der Waals surface area (Å²) in [6.45, 7) is 9.44. The first-order chi connectivity index (χ1) is 49.8. The Morgan fingerprint density at radius 1 is 0.100 bits per heavy atom. The minimum Gasteiger partial charge on any atom is -0.454 e. The van der Waals surface area contributed by atoms with Gasteiger partial charge < -0.3 is 11.4 Å². The van der Waals surface area contributed by atoms with E-state index < -0.39 is 15.1 Å². The number of hydrogen-bond donors (Lipinski definition) is 0. The summed E-state index contributed by atoms with van der Waals surface area (Å²) in [7, 11) is 0. The SMILES string of the molecule is CCCCCCCCCCCCCCCCCCCCCCCCCCCCCCCC[O][Al]([O]CCCCCCCCCCCCCCCCCCCCCCCCCCCCCCCC)[O]CCCCCCCCCCCCCCCCCCCCCCCCCCCCCCCC. The molecule has 4 heteroatoms. The lowest BCUT2D eigenvalue weighted by Crippen LogP contribution is -2.28. The van der Waals surface area contributed by atoms with Crippen molar-refractivity contribution in [2.24, 2.45) is 0 Å². The zero-order chi connectivity index (χ0) is 71.5. The Kier molecular flexibility index (Phi) is 97.8. The monoisotopic (exact) mass is 1420 g/mol. The lowest BCUT2D eigenvalue weighted by Gasteiger charge is -2.14. The van der Waals surface area contributed by atoms with Gasteiger partial charge in [0.05, 0.1) is 0 Å². The van der Waals surface area contributed by atoms with E-state index in [4.69, 9.17) is 11.4 Å². The second-order valence-corrected chi connectivity index (χ2v) is 35.2. The molecule has 0 amide bonds. The average molecular weight is 1420 g/mol. The molecule has 0 saturated heterocycles. The minimum atomic E-state index is -2.06. The van der Waals surface area contributed by atoms with Gasteiger partial charge in [0.25, 0.3) is 0 Å². The zero-order valence-corrected chi connectivity index (χ0v) is 71.7. The summed E-state index contributed by atoms with van der Waals surface area (Å²) in [4.78, 5) is 0. The van der Waals surface area contributed by atoms with Crippen LogP contribution in [0.4, 0.5) is 0 Å². The van der Waals surface area contributed by atoms with Crippen molar-refractivity contribution in [3.05, 3.63) is 0 Å². The normalized spacial score (nSPS) is 11.8. The van der Waals surface area contributed by atoms with Crippen LogP contribution in [0.2, 0.25) is 0 Å². The molecule has 0 aliphatic carbocycles. The molecule has 0 heterocycles. The summed E-state index contributed by atoms with van der Waals surface area (Å²) in [5, 5.41) is 0. The van der Waals surface area contributed by atoms with Gasteiger partial charge in [-0.3, -0.25) is 0 Å². The fraction of sp³-hybridized carbons (Fsp3) is 1.00. The summed E-state index contributed by atoms with van der Waals surface area (Å²) >= 11 is -2.06. The molecule has 0 saturated carbocycles. The van der Waals surface area contributed by atoms with Crippen molar-refractivity contribution in [3.63, 3.8) is 0 Å². The van der Waals surface area contributed by atoms with Gasteiger partial charge in [0.1, 0.15) is 0 Å². The van der Waals surface area contributed by atoms with Crippen LogP contribution in [0, 0.1) is 0 Å². The maximum absolute atomic E-state index is 6.43. The maximum Gasteiger partial charge on any atom is 0.905 e. The van der Waals surface area contributed by atoms with Crippen LogP contribution in [-0.2, 0) is 11.4 Å². The Bertz CT molecular complexity index is 1180. The van der Waals surface area contributed by atoms with Gasteiger partial charge in [0, 0.05) is 19.8 Å². The van der Waals surface area contributed by atoms with Crippen LogP contribution >= 0.6 is 0 Å². The van der Waals surface area contributed by atoms with Crippen LogP contribution in [0.5, 0.6) is 0 Å². The highest BCUT2D eigenvalue weighted by Gasteiger charge is 2.30. The highest BCUT2D eigenvalue weighted by atomic mass is 27.3. The molecule has 0 atom stereocenters. The van der Waals surface area contributed by atoms with Crippen molar-refractivity contribution in [1.29, 1.82) is 0 Å². The molecule has 3 nitrogen and oxygen atoms in total. The Morgan fingerprint density at radius 2 is 0.170 bits per heavy atom. The van der Waals surface area contributed by atoms with Gasteiger partial charge in [0.2, 0.25) is 0 Å². The molecule has 0 aromatic rings. The summed E-state index contributed by atoms with van der Waals surface area (Å²) < 4.78 is 19.3. The predicted octanol–water partition coefficient (Wildman–Crippen LogP) is 36.2. The lowest BCUT2D eigenvalue weighted by atomic mass is 10.0. The molecule has 0 radical (unpaired) electrons. The zero-order valence-electron chi connectivity index (χ0n) is 70.6. The maximum atomic E-state index is 6.43. The largest absolute Gasteiger partial charge is 0.905 e. The minimum absolute atomic E-state index is 0.829. The van der Waals surface area contributed by atoms with E-state index >= 15 is 0 Å². The lowest BCUT2D eigenvalue weighted by molar-refractivity contribution is 0.0885. The molecule has 0 aromatic carbocycles. The molecule has 100 heavy (non-hydrogen) atoms. The Labute approximate surface area is 641 Å². The third-order valence-corrected chi connectivity index (χ3v) is 24.8. The van der Waals surface area contributed by atoms with E-state index in [-0.39, 0.29) is 0 Å². The van der Waals surface area contributed by atoms with Gasteiger partial charge in [-0.15, -0.1) is 0 Å². The standard InChI is InChI=1S/3C32H65O.Al/c3*1-2-3-4-5-6-7-8-9-10-11-12-13-14-15-16-17-18-19-20-21-22-23-24-25-26-27-28-29-30-31-32-33;/h3*2-32H2,1H3;/q3*-1;+3. The first kappa shape index (κ1) is 100. The average Bonchev–Trinajstić information content (AvgIpc) is 3.51. The number of unbranched alkanes of at least 4 members (excludes halogenated alkanes) is 87. The van der Waals surface area contributed by atoms with Crippen LogP contribution in [0.3, 0.4) is 0 Å². The third kappa shape index (κ3) is 94.5.